The molecule has 3 rings (SSSR count). The molecule has 2 amide bonds. The minimum atomic E-state index is -0.0837. The second-order valence-corrected chi connectivity index (χ2v) is 7.58. The van der Waals surface area contributed by atoms with E-state index in [9.17, 15) is 9.59 Å². The van der Waals surface area contributed by atoms with Crippen LogP contribution in [0.4, 0.5) is 0 Å². The molecule has 7 heteroatoms. The van der Waals surface area contributed by atoms with E-state index in [1.807, 2.05) is 35.2 Å². The van der Waals surface area contributed by atoms with Crippen LogP contribution in [0, 0.1) is 0 Å². The molecule has 0 radical (unpaired) electrons. The van der Waals surface area contributed by atoms with Crippen molar-refractivity contribution in [2.24, 2.45) is 4.99 Å². The summed E-state index contributed by atoms with van der Waals surface area (Å²) in [5, 5.41) is 9.18. The minimum absolute atomic E-state index is 0.0837. The monoisotopic (exact) mass is 421 g/mol. The van der Waals surface area contributed by atoms with Crippen molar-refractivity contribution in [3.63, 3.8) is 0 Å². The highest BCUT2D eigenvalue weighted by Crippen LogP contribution is 2.22. The average Bonchev–Trinajstić information content (AvgIpc) is 3.24. The van der Waals surface area contributed by atoms with E-state index in [2.05, 4.69) is 33.1 Å². The molecule has 0 unspecified atom stereocenters. The van der Waals surface area contributed by atoms with Crippen LogP contribution in [0.2, 0.25) is 0 Å². The second-order valence-electron chi connectivity index (χ2n) is 7.58. The number of nitrogens with one attached hydrogen (secondary N) is 3. The Kier molecular flexibility index (Phi) is 8.04. The largest absolute Gasteiger partial charge is 0.356 e. The van der Waals surface area contributed by atoms with E-state index in [1.165, 1.54) is 11.1 Å². The predicted molar refractivity (Wildman–Crippen MR) is 123 cm³/mol. The Morgan fingerprint density at radius 2 is 1.71 bits per heavy atom. The number of fused-ring (bicyclic) bond motifs is 1. The van der Waals surface area contributed by atoms with Gasteiger partial charge in [0.2, 0.25) is 5.91 Å². The number of aliphatic imine (C=N–C) groups is 1. The first-order valence-electron chi connectivity index (χ1n) is 10.7. The fourth-order valence-corrected chi connectivity index (χ4v) is 3.67. The van der Waals surface area contributed by atoms with Gasteiger partial charge in [-0.2, -0.15) is 0 Å². The van der Waals surface area contributed by atoms with E-state index in [-0.39, 0.29) is 11.8 Å². The van der Waals surface area contributed by atoms with Gasteiger partial charge in [-0.05, 0) is 41.7 Å². The normalized spacial score (nSPS) is 13.0. The van der Waals surface area contributed by atoms with Gasteiger partial charge in [-0.3, -0.25) is 14.6 Å². The highest BCUT2D eigenvalue weighted by molar-refractivity contribution is 5.94. The third kappa shape index (κ3) is 6.31. The van der Waals surface area contributed by atoms with Gasteiger partial charge < -0.3 is 20.9 Å². The van der Waals surface area contributed by atoms with Gasteiger partial charge in [0.25, 0.3) is 5.91 Å². The standard InChI is InChI=1S/C24H31N5O2/c1-25-23(31)19-10-5-7-18(15-19)12-14-28-24(26-2)27-13-6-11-22(30)29-16-20-8-3-4-9-21(20)17-29/h3-5,7-10,15H,6,11-14,16-17H2,1-2H3,(H,25,31)(H2,26,27,28). The van der Waals surface area contributed by atoms with Crippen LogP contribution in [0.25, 0.3) is 0 Å². The molecule has 2 aromatic carbocycles. The molecule has 0 saturated heterocycles. The molecule has 0 spiro atoms. The van der Waals surface area contributed by atoms with E-state index < -0.39 is 0 Å². The quantitative estimate of drug-likeness (QED) is 0.346. The van der Waals surface area contributed by atoms with E-state index in [0.717, 1.165) is 18.4 Å². The maximum absolute atomic E-state index is 12.5. The van der Waals surface area contributed by atoms with Gasteiger partial charge in [0, 0.05) is 52.3 Å². The minimum Gasteiger partial charge on any atom is -0.356 e. The Morgan fingerprint density at radius 3 is 2.39 bits per heavy atom. The maximum Gasteiger partial charge on any atom is 0.251 e. The molecule has 0 bridgehead atoms. The molecule has 7 nitrogen and oxygen atoms in total. The van der Waals surface area contributed by atoms with Crippen molar-refractivity contribution >= 4 is 17.8 Å². The molecule has 0 saturated carbocycles. The van der Waals surface area contributed by atoms with Crippen LogP contribution in [0.1, 0.15) is 39.9 Å². The van der Waals surface area contributed by atoms with Gasteiger partial charge in [0.05, 0.1) is 0 Å². The van der Waals surface area contributed by atoms with Crippen LogP contribution < -0.4 is 16.0 Å². The van der Waals surface area contributed by atoms with E-state index in [0.29, 0.717) is 44.1 Å². The van der Waals surface area contributed by atoms with Gasteiger partial charge >= 0.3 is 0 Å². The molecular formula is C24H31N5O2. The summed E-state index contributed by atoms with van der Waals surface area (Å²) >= 11 is 0. The highest BCUT2D eigenvalue weighted by Gasteiger charge is 2.22. The number of guanidine groups is 1. The number of hydrogen-bond donors (Lipinski definition) is 3. The number of amides is 2. The first kappa shape index (κ1) is 22.3. The Labute approximate surface area is 183 Å². The van der Waals surface area contributed by atoms with Crippen LogP contribution in [0.5, 0.6) is 0 Å². The number of rotatable bonds is 8. The third-order valence-electron chi connectivity index (χ3n) is 5.40. The molecule has 31 heavy (non-hydrogen) atoms. The number of benzene rings is 2. The summed E-state index contributed by atoms with van der Waals surface area (Å²) in [5.74, 6) is 0.820. The van der Waals surface area contributed by atoms with Crippen molar-refractivity contribution in [3.8, 4) is 0 Å². The van der Waals surface area contributed by atoms with Crippen molar-refractivity contribution in [1.82, 2.24) is 20.9 Å². The third-order valence-corrected chi connectivity index (χ3v) is 5.40. The zero-order chi connectivity index (χ0) is 22.1. The zero-order valence-electron chi connectivity index (χ0n) is 18.3. The van der Waals surface area contributed by atoms with Crippen LogP contribution >= 0.6 is 0 Å². The molecule has 0 aliphatic carbocycles. The van der Waals surface area contributed by atoms with Crippen molar-refractivity contribution in [2.75, 3.05) is 27.2 Å². The average molecular weight is 422 g/mol. The first-order valence-corrected chi connectivity index (χ1v) is 10.7. The second kappa shape index (κ2) is 11.2. The van der Waals surface area contributed by atoms with E-state index in [4.69, 9.17) is 0 Å². The summed E-state index contributed by atoms with van der Waals surface area (Å²) in [6.45, 7) is 2.81. The fourth-order valence-electron chi connectivity index (χ4n) is 3.67. The zero-order valence-corrected chi connectivity index (χ0v) is 18.3. The number of hydrogen-bond acceptors (Lipinski definition) is 3. The summed E-state index contributed by atoms with van der Waals surface area (Å²) in [6, 6.07) is 15.8. The lowest BCUT2D eigenvalue weighted by molar-refractivity contribution is -0.131. The summed E-state index contributed by atoms with van der Waals surface area (Å²) in [4.78, 5) is 30.4. The molecular weight excluding hydrogens is 390 g/mol. The Balaban J connectivity index is 1.34. The fraction of sp³-hybridized carbons (Fsp3) is 0.375. The number of nitrogens with zero attached hydrogens (tertiary/aromatic N) is 2. The molecule has 0 aromatic heterocycles. The van der Waals surface area contributed by atoms with E-state index >= 15 is 0 Å². The topological polar surface area (TPSA) is 85.8 Å². The van der Waals surface area contributed by atoms with E-state index in [1.54, 1.807) is 20.2 Å². The van der Waals surface area contributed by atoms with Crippen molar-refractivity contribution in [1.29, 1.82) is 0 Å². The van der Waals surface area contributed by atoms with Crippen LogP contribution in [-0.4, -0.2) is 49.9 Å². The number of carbonyl (C=O) groups excluding carboxylic acids is 2. The summed E-state index contributed by atoms with van der Waals surface area (Å²) in [7, 11) is 3.36. The smallest absolute Gasteiger partial charge is 0.251 e. The molecule has 0 atom stereocenters. The SMILES string of the molecule is CN=C(NCCCC(=O)N1Cc2ccccc2C1)NCCc1cccc(C(=O)NC)c1. The van der Waals surface area contributed by atoms with Gasteiger partial charge in [0.15, 0.2) is 5.96 Å². The molecule has 1 aliphatic heterocycles. The highest BCUT2D eigenvalue weighted by atomic mass is 16.2. The van der Waals surface area contributed by atoms with Crippen molar-refractivity contribution < 1.29 is 9.59 Å². The van der Waals surface area contributed by atoms with Crippen molar-refractivity contribution in [2.45, 2.75) is 32.4 Å². The molecule has 2 aromatic rings. The lowest BCUT2D eigenvalue weighted by Crippen LogP contribution is -2.39. The number of carbonyl (C=O) groups is 2. The summed E-state index contributed by atoms with van der Waals surface area (Å²) < 4.78 is 0. The molecule has 1 heterocycles. The molecule has 164 valence electrons. The predicted octanol–water partition coefficient (Wildman–Crippen LogP) is 2.08. The van der Waals surface area contributed by atoms with Gasteiger partial charge in [-0.1, -0.05) is 36.4 Å². The van der Waals surface area contributed by atoms with Crippen LogP contribution in [0.3, 0.4) is 0 Å². The molecule has 0 fully saturated rings. The Hall–Kier alpha value is -3.35. The molecule has 3 N–H and O–H groups in total. The Bertz CT molecular complexity index is 916. The lowest BCUT2D eigenvalue weighted by atomic mass is 10.1. The van der Waals surface area contributed by atoms with Gasteiger partial charge in [-0.25, -0.2) is 0 Å². The maximum atomic E-state index is 12.5. The van der Waals surface area contributed by atoms with Gasteiger partial charge in [-0.15, -0.1) is 0 Å². The summed E-state index contributed by atoms with van der Waals surface area (Å²) in [5.41, 5.74) is 4.24. The lowest BCUT2D eigenvalue weighted by Gasteiger charge is -2.16. The van der Waals surface area contributed by atoms with Crippen LogP contribution in [0.15, 0.2) is 53.5 Å². The van der Waals surface area contributed by atoms with Crippen LogP contribution in [-0.2, 0) is 24.3 Å². The summed E-state index contributed by atoms with van der Waals surface area (Å²) in [6.07, 6.45) is 2.05. The molecule has 1 aliphatic rings. The van der Waals surface area contributed by atoms with Gasteiger partial charge in [0.1, 0.15) is 0 Å². The van der Waals surface area contributed by atoms with Crippen molar-refractivity contribution in [3.05, 3.63) is 70.8 Å². The first-order chi connectivity index (χ1) is 15.1. The Morgan fingerprint density at radius 1 is 1.00 bits per heavy atom.